The summed E-state index contributed by atoms with van der Waals surface area (Å²) < 4.78 is 0. The number of nitrogens with zero attached hydrogens (tertiary/aromatic N) is 2. The van der Waals surface area contributed by atoms with E-state index in [2.05, 4.69) is 29.1 Å². The molecule has 1 aromatic rings. The van der Waals surface area contributed by atoms with Gasteiger partial charge in [-0.1, -0.05) is 18.7 Å². The Labute approximate surface area is 102 Å². The van der Waals surface area contributed by atoms with E-state index in [1.165, 1.54) is 12.8 Å². The van der Waals surface area contributed by atoms with Gasteiger partial charge in [-0.3, -0.25) is 0 Å². The van der Waals surface area contributed by atoms with Crippen molar-refractivity contribution in [1.29, 1.82) is 0 Å². The fourth-order valence-electron chi connectivity index (χ4n) is 1.50. The van der Waals surface area contributed by atoms with Crippen LogP contribution in [0.25, 0.3) is 0 Å². The van der Waals surface area contributed by atoms with Crippen molar-refractivity contribution in [2.75, 3.05) is 12.3 Å². The highest BCUT2D eigenvalue weighted by molar-refractivity contribution is 7.99. The van der Waals surface area contributed by atoms with Crippen LogP contribution in [-0.4, -0.2) is 28.3 Å². The van der Waals surface area contributed by atoms with Crippen LogP contribution in [0.5, 0.6) is 0 Å². The van der Waals surface area contributed by atoms with Crippen LogP contribution < -0.4 is 5.32 Å². The predicted molar refractivity (Wildman–Crippen MR) is 69.9 cm³/mol. The minimum atomic E-state index is 0.615. The van der Waals surface area contributed by atoms with Crippen LogP contribution in [0.3, 0.4) is 0 Å². The Hall–Kier alpha value is -0.610. The van der Waals surface area contributed by atoms with Gasteiger partial charge in [-0.2, -0.15) is 0 Å². The third kappa shape index (κ3) is 5.47. The van der Waals surface area contributed by atoms with E-state index in [9.17, 15) is 0 Å². The third-order valence-corrected chi connectivity index (χ3v) is 3.29. The first-order valence-corrected chi connectivity index (χ1v) is 6.86. The quantitative estimate of drug-likeness (QED) is 0.451. The van der Waals surface area contributed by atoms with E-state index in [0.717, 1.165) is 23.1 Å². The van der Waals surface area contributed by atoms with Gasteiger partial charge in [0.1, 0.15) is 0 Å². The Kier molecular flexibility index (Phi) is 6.42. The maximum atomic E-state index is 4.36. The second-order valence-electron chi connectivity index (χ2n) is 3.93. The largest absolute Gasteiger partial charge is 0.315 e. The van der Waals surface area contributed by atoms with Gasteiger partial charge in [0.15, 0.2) is 5.16 Å². The fourth-order valence-corrected chi connectivity index (χ4v) is 2.34. The molecule has 0 saturated heterocycles. The molecule has 0 aliphatic carbocycles. The molecule has 0 radical (unpaired) electrons. The number of hydrogen-bond acceptors (Lipinski definition) is 4. The second kappa shape index (κ2) is 7.63. The molecular weight excluding hydrogens is 218 g/mol. The summed E-state index contributed by atoms with van der Waals surface area (Å²) in [5, 5.41) is 4.31. The fraction of sp³-hybridized carbons (Fsp3) is 0.667. The molecule has 0 fully saturated rings. The van der Waals surface area contributed by atoms with E-state index >= 15 is 0 Å². The molecule has 16 heavy (non-hydrogen) atoms. The molecule has 0 aliphatic rings. The Morgan fingerprint density at radius 3 is 3.00 bits per heavy atom. The summed E-state index contributed by atoms with van der Waals surface area (Å²) >= 11 is 1.74. The van der Waals surface area contributed by atoms with Gasteiger partial charge >= 0.3 is 0 Å². The molecule has 0 bridgehead atoms. The maximum Gasteiger partial charge on any atom is 0.187 e. The molecule has 1 atom stereocenters. The molecule has 1 heterocycles. The number of rotatable bonds is 7. The van der Waals surface area contributed by atoms with Crippen LogP contribution in [0.1, 0.15) is 32.4 Å². The van der Waals surface area contributed by atoms with Crippen molar-refractivity contribution < 1.29 is 0 Å². The molecule has 4 heteroatoms. The van der Waals surface area contributed by atoms with Crippen LogP contribution in [0.15, 0.2) is 17.4 Å². The van der Waals surface area contributed by atoms with E-state index in [4.69, 9.17) is 0 Å². The van der Waals surface area contributed by atoms with E-state index < -0.39 is 0 Å². The molecular formula is C12H21N3S. The van der Waals surface area contributed by atoms with Crippen molar-refractivity contribution in [2.45, 2.75) is 44.8 Å². The molecule has 0 aliphatic heterocycles. The maximum absolute atomic E-state index is 4.36. The molecule has 0 aromatic carbocycles. The SMILES string of the molecule is CCNC(C)CCCSc1nccc(C)n1. The number of nitrogens with one attached hydrogen (secondary N) is 1. The first-order chi connectivity index (χ1) is 7.72. The van der Waals surface area contributed by atoms with Gasteiger partial charge in [0.25, 0.3) is 0 Å². The molecule has 3 nitrogen and oxygen atoms in total. The van der Waals surface area contributed by atoms with Gasteiger partial charge in [-0.05, 0) is 39.3 Å². The van der Waals surface area contributed by atoms with E-state index in [0.29, 0.717) is 6.04 Å². The molecule has 1 rings (SSSR count). The number of thioether (sulfide) groups is 1. The van der Waals surface area contributed by atoms with E-state index in [1.54, 1.807) is 11.8 Å². The zero-order valence-corrected chi connectivity index (χ0v) is 11.2. The van der Waals surface area contributed by atoms with Gasteiger partial charge in [0, 0.05) is 23.7 Å². The normalized spacial score (nSPS) is 12.7. The summed E-state index contributed by atoms with van der Waals surface area (Å²) in [5.74, 6) is 1.10. The molecule has 90 valence electrons. The zero-order valence-electron chi connectivity index (χ0n) is 10.4. The van der Waals surface area contributed by atoms with Gasteiger partial charge in [-0.25, -0.2) is 9.97 Å². The molecule has 1 N–H and O–H groups in total. The highest BCUT2D eigenvalue weighted by Gasteiger charge is 2.01. The van der Waals surface area contributed by atoms with Crippen LogP contribution >= 0.6 is 11.8 Å². The number of aryl methyl sites for hydroxylation is 1. The lowest BCUT2D eigenvalue weighted by Gasteiger charge is -2.11. The summed E-state index contributed by atoms with van der Waals surface area (Å²) in [6.07, 6.45) is 4.24. The smallest absolute Gasteiger partial charge is 0.187 e. The van der Waals surface area contributed by atoms with Crippen molar-refractivity contribution in [3.8, 4) is 0 Å². The first-order valence-electron chi connectivity index (χ1n) is 5.88. The van der Waals surface area contributed by atoms with Crippen LogP contribution in [0, 0.1) is 6.92 Å². The van der Waals surface area contributed by atoms with Crippen LogP contribution in [0.2, 0.25) is 0 Å². The average molecular weight is 239 g/mol. The number of aromatic nitrogens is 2. The Morgan fingerprint density at radius 2 is 2.31 bits per heavy atom. The predicted octanol–water partition coefficient (Wildman–Crippen LogP) is 2.66. The van der Waals surface area contributed by atoms with Crippen LogP contribution in [-0.2, 0) is 0 Å². The van der Waals surface area contributed by atoms with Crippen molar-refractivity contribution in [2.24, 2.45) is 0 Å². The standard InChI is InChI=1S/C12H21N3S/c1-4-13-10(2)6-5-9-16-12-14-8-7-11(3)15-12/h7-8,10,13H,4-6,9H2,1-3H3. The van der Waals surface area contributed by atoms with E-state index in [1.807, 2.05) is 19.2 Å². The van der Waals surface area contributed by atoms with Crippen molar-refractivity contribution in [3.05, 3.63) is 18.0 Å². The highest BCUT2D eigenvalue weighted by Crippen LogP contribution is 2.14. The first kappa shape index (κ1) is 13.5. The molecule has 0 amide bonds. The second-order valence-corrected chi connectivity index (χ2v) is 4.99. The lowest BCUT2D eigenvalue weighted by Crippen LogP contribution is -2.25. The molecule has 0 spiro atoms. The summed E-state index contributed by atoms with van der Waals surface area (Å²) in [7, 11) is 0. The molecule has 0 saturated carbocycles. The van der Waals surface area contributed by atoms with Crippen LogP contribution in [0.4, 0.5) is 0 Å². The highest BCUT2D eigenvalue weighted by atomic mass is 32.2. The molecule has 1 aromatic heterocycles. The zero-order chi connectivity index (χ0) is 11.8. The number of hydrogen-bond donors (Lipinski definition) is 1. The summed E-state index contributed by atoms with van der Waals surface area (Å²) in [6, 6.07) is 2.54. The van der Waals surface area contributed by atoms with Gasteiger partial charge in [0.05, 0.1) is 0 Å². The Bertz CT molecular complexity index is 304. The minimum Gasteiger partial charge on any atom is -0.315 e. The lowest BCUT2D eigenvalue weighted by atomic mass is 10.2. The van der Waals surface area contributed by atoms with Crippen molar-refractivity contribution in [3.63, 3.8) is 0 Å². The Balaban J connectivity index is 2.16. The van der Waals surface area contributed by atoms with Crippen molar-refractivity contribution >= 4 is 11.8 Å². The lowest BCUT2D eigenvalue weighted by molar-refractivity contribution is 0.526. The van der Waals surface area contributed by atoms with Gasteiger partial charge in [0.2, 0.25) is 0 Å². The van der Waals surface area contributed by atoms with Crippen molar-refractivity contribution in [1.82, 2.24) is 15.3 Å². The summed E-state index contributed by atoms with van der Waals surface area (Å²) in [5.41, 5.74) is 1.04. The topological polar surface area (TPSA) is 37.8 Å². The van der Waals surface area contributed by atoms with E-state index in [-0.39, 0.29) is 0 Å². The van der Waals surface area contributed by atoms with Gasteiger partial charge < -0.3 is 5.32 Å². The molecule has 1 unspecified atom stereocenters. The summed E-state index contributed by atoms with van der Waals surface area (Å²) in [6.45, 7) is 7.43. The average Bonchev–Trinajstić information content (AvgIpc) is 2.25. The minimum absolute atomic E-state index is 0.615. The van der Waals surface area contributed by atoms with Gasteiger partial charge in [-0.15, -0.1) is 0 Å². The Morgan fingerprint density at radius 1 is 1.50 bits per heavy atom. The third-order valence-electron chi connectivity index (χ3n) is 2.34. The summed E-state index contributed by atoms with van der Waals surface area (Å²) in [4.78, 5) is 8.59. The monoisotopic (exact) mass is 239 g/mol.